The van der Waals surface area contributed by atoms with E-state index in [9.17, 15) is 9.59 Å². The Morgan fingerprint density at radius 3 is 2.36 bits per heavy atom. The van der Waals surface area contributed by atoms with Gasteiger partial charge in [0, 0.05) is 32.7 Å². The molecule has 4 saturated heterocycles. The molecule has 22 heavy (non-hydrogen) atoms. The predicted octanol–water partition coefficient (Wildman–Crippen LogP) is 0.798. The van der Waals surface area contributed by atoms with E-state index in [2.05, 4.69) is 9.80 Å². The molecule has 0 radical (unpaired) electrons. The van der Waals surface area contributed by atoms with Crippen LogP contribution in [0.5, 0.6) is 0 Å². The highest BCUT2D eigenvalue weighted by Crippen LogP contribution is 2.36. The van der Waals surface area contributed by atoms with Crippen LogP contribution in [0.15, 0.2) is 0 Å². The molecule has 0 aromatic heterocycles. The van der Waals surface area contributed by atoms with Gasteiger partial charge in [0.1, 0.15) is 0 Å². The zero-order chi connectivity index (χ0) is 15.3. The quantitative estimate of drug-likeness (QED) is 0.708. The van der Waals surface area contributed by atoms with Gasteiger partial charge in [-0.15, -0.1) is 0 Å². The monoisotopic (exact) mass is 305 g/mol. The Hall–Kier alpha value is -0.940. The number of carbonyl (C=O) groups excluding carboxylic acids is 2. The lowest BCUT2D eigenvalue weighted by Crippen LogP contribution is -2.51. The van der Waals surface area contributed by atoms with Gasteiger partial charge in [0.05, 0.1) is 11.8 Å². The molecule has 0 saturated carbocycles. The van der Waals surface area contributed by atoms with Crippen molar-refractivity contribution in [2.75, 3.05) is 39.8 Å². The molecule has 122 valence electrons. The molecule has 5 nitrogen and oxygen atoms in total. The zero-order valence-electron chi connectivity index (χ0n) is 13.5. The second-order valence-electron chi connectivity index (χ2n) is 7.67. The minimum Gasteiger partial charge on any atom is -0.301 e. The van der Waals surface area contributed by atoms with Gasteiger partial charge in [0.15, 0.2) is 0 Å². The smallest absolute Gasteiger partial charge is 0.234 e. The van der Waals surface area contributed by atoms with E-state index in [4.69, 9.17) is 0 Å². The van der Waals surface area contributed by atoms with Gasteiger partial charge in [-0.3, -0.25) is 14.5 Å². The molecule has 4 aliphatic rings. The predicted molar refractivity (Wildman–Crippen MR) is 83.1 cm³/mol. The molecule has 0 spiro atoms. The van der Waals surface area contributed by atoms with Crippen molar-refractivity contribution in [3.63, 3.8) is 0 Å². The number of likely N-dealkylation sites (tertiary alicyclic amines) is 2. The maximum atomic E-state index is 12.1. The number of rotatable bonds is 2. The van der Waals surface area contributed by atoms with Crippen molar-refractivity contribution in [3.05, 3.63) is 0 Å². The van der Waals surface area contributed by atoms with Crippen LogP contribution in [0.3, 0.4) is 0 Å². The Bertz CT molecular complexity index is 455. The molecule has 4 atom stereocenters. The normalized spacial score (nSPS) is 40.1. The summed E-state index contributed by atoms with van der Waals surface area (Å²) in [6.07, 6.45) is 6.68. The molecule has 4 rings (SSSR count). The van der Waals surface area contributed by atoms with Crippen LogP contribution in [-0.2, 0) is 9.59 Å². The third kappa shape index (κ3) is 2.29. The standard InChI is InChI=1S/C17H27N3O2/c1-18-16(21)13-10-19(11-14(13)17(18)22)9-12-5-4-8-20-7-3-2-6-15(12)20/h12-15H,2-11H2,1H3/t12-,13-,14+,15+/m0/s1. The molecule has 0 N–H and O–H groups in total. The number of nitrogens with zero attached hydrogens (tertiary/aromatic N) is 3. The number of carbonyl (C=O) groups is 2. The van der Waals surface area contributed by atoms with Crippen molar-refractivity contribution in [1.29, 1.82) is 0 Å². The molecule has 0 bridgehead atoms. The Morgan fingerprint density at radius 1 is 0.955 bits per heavy atom. The SMILES string of the molecule is CN1C(=O)[C@H]2CN(C[C@@H]3CCCN4CCCC[C@H]34)C[C@H]2C1=O. The van der Waals surface area contributed by atoms with Crippen LogP contribution in [0.4, 0.5) is 0 Å². The van der Waals surface area contributed by atoms with Gasteiger partial charge < -0.3 is 9.80 Å². The number of hydrogen-bond acceptors (Lipinski definition) is 4. The van der Waals surface area contributed by atoms with Crippen LogP contribution in [0, 0.1) is 17.8 Å². The number of hydrogen-bond donors (Lipinski definition) is 0. The highest BCUT2D eigenvalue weighted by molar-refractivity contribution is 6.05. The van der Waals surface area contributed by atoms with Crippen molar-refractivity contribution in [2.45, 2.75) is 38.1 Å². The summed E-state index contributed by atoms with van der Waals surface area (Å²) in [5.74, 6) is 0.684. The second-order valence-corrected chi connectivity index (χ2v) is 7.67. The van der Waals surface area contributed by atoms with Gasteiger partial charge in [0.2, 0.25) is 11.8 Å². The summed E-state index contributed by atoms with van der Waals surface area (Å²) in [6, 6.07) is 0.747. The molecule has 0 aliphatic carbocycles. The highest BCUT2D eigenvalue weighted by atomic mass is 16.2. The van der Waals surface area contributed by atoms with Gasteiger partial charge in [-0.1, -0.05) is 6.42 Å². The molecule has 0 aromatic carbocycles. The van der Waals surface area contributed by atoms with Crippen LogP contribution in [0.25, 0.3) is 0 Å². The van der Waals surface area contributed by atoms with E-state index in [1.54, 1.807) is 7.05 Å². The third-order valence-electron chi connectivity index (χ3n) is 6.41. The van der Waals surface area contributed by atoms with Crippen molar-refractivity contribution in [3.8, 4) is 0 Å². The molecule has 4 aliphatic heterocycles. The molecular weight excluding hydrogens is 278 g/mol. The maximum Gasteiger partial charge on any atom is 0.234 e. The van der Waals surface area contributed by atoms with Gasteiger partial charge in [-0.05, 0) is 44.7 Å². The zero-order valence-corrected chi connectivity index (χ0v) is 13.5. The van der Waals surface area contributed by atoms with Gasteiger partial charge >= 0.3 is 0 Å². The minimum absolute atomic E-state index is 0.0421. The van der Waals surface area contributed by atoms with Crippen LogP contribution in [-0.4, -0.2) is 72.3 Å². The first-order valence-electron chi connectivity index (χ1n) is 8.93. The second kappa shape index (κ2) is 5.60. The average molecular weight is 305 g/mol. The summed E-state index contributed by atoms with van der Waals surface area (Å²) in [5, 5.41) is 0. The molecule has 4 fully saturated rings. The van der Waals surface area contributed by atoms with Crippen molar-refractivity contribution < 1.29 is 9.59 Å². The Morgan fingerprint density at radius 2 is 1.64 bits per heavy atom. The Labute approximate surface area is 132 Å². The first kappa shape index (κ1) is 14.6. The van der Waals surface area contributed by atoms with Crippen LogP contribution in [0.2, 0.25) is 0 Å². The number of fused-ring (bicyclic) bond motifs is 2. The van der Waals surface area contributed by atoms with E-state index < -0.39 is 0 Å². The van der Waals surface area contributed by atoms with Crippen LogP contribution >= 0.6 is 0 Å². The first-order chi connectivity index (χ1) is 10.6. The molecule has 0 unspecified atom stereocenters. The fraction of sp³-hybridized carbons (Fsp3) is 0.882. The van der Waals surface area contributed by atoms with E-state index >= 15 is 0 Å². The number of piperidine rings is 2. The summed E-state index contributed by atoms with van der Waals surface area (Å²) in [4.78, 5) is 30.7. The van der Waals surface area contributed by atoms with Gasteiger partial charge in [-0.2, -0.15) is 0 Å². The summed E-state index contributed by atoms with van der Waals surface area (Å²) < 4.78 is 0. The summed E-state index contributed by atoms with van der Waals surface area (Å²) >= 11 is 0. The lowest BCUT2D eigenvalue weighted by molar-refractivity contribution is -0.139. The molecular formula is C17H27N3O2. The summed E-state index contributed by atoms with van der Waals surface area (Å²) in [7, 11) is 1.63. The molecule has 5 heteroatoms. The lowest BCUT2D eigenvalue weighted by atomic mass is 9.83. The number of imide groups is 1. The first-order valence-corrected chi connectivity index (χ1v) is 8.93. The summed E-state index contributed by atoms with van der Waals surface area (Å²) in [5.41, 5.74) is 0. The van der Waals surface area contributed by atoms with E-state index in [-0.39, 0.29) is 23.7 Å². The van der Waals surface area contributed by atoms with E-state index in [0.29, 0.717) is 0 Å². The van der Waals surface area contributed by atoms with Gasteiger partial charge in [0.25, 0.3) is 0 Å². The minimum atomic E-state index is -0.0662. The Balaban J connectivity index is 1.40. The van der Waals surface area contributed by atoms with E-state index in [1.807, 2.05) is 0 Å². The Kier molecular flexibility index (Phi) is 3.73. The maximum absolute atomic E-state index is 12.1. The lowest BCUT2D eigenvalue weighted by Gasteiger charge is -2.45. The fourth-order valence-electron chi connectivity index (χ4n) is 5.26. The van der Waals surface area contributed by atoms with Crippen molar-refractivity contribution in [2.24, 2.45) is 17.8 Å². The van der Waals surface area contributed by atoms with Crippen LogP contribution < -0.4 is 0 Å². The number of amides is 2. The average Bonchev–Trinajstić information content (AvgIpc) is 3.04. The molecule has 0 aromatic rings. The topological polar surface area (TPSA) is 43.9 Å². The molecule has 2 amide bonds. The summed E-state index contributed by atoms with van der Waals surface area (Å²) in [6.45, 7) is 5.21. The van der Waals surface area contributed by atoms with Gasteiger partial charge in [-0.25, -0.2) is 0 Å². The van der Waals surface area contributed by atoms with Crippen molar-refractivity contribution in [1.82, 2.24) is 14.7 Å². The largest absolute Gasteiger partial charge is 0.301 e. The van der Waals surface area contributed by atoms with E-state index in [1.165, 1.54) is 50.1 Å². The van der Waals surface area contributed by atoms with E-state index in [0.717, 1.165) is 31.6 Å². The highest BCUT2D eigenvalue weighted by Gasteiger charge is 2.51. The van der Waals surface area contributed by atoms with Crippen LogP contribution in [0.1, 0.15) is 32.1 Å². The fourth-order valence-corrected chi connectivity index (χ4v) is 5.26. The molecule has 4 heterocycles. The third-order valence-corrected chi connectivity index (χ3v) is 6.41. The van der Waals surface area contributed by atoms with Crippen molar-refractivity contribution >= 4 is 11.8 Å².